The number of thioether (sulfide) groups is 2. The minimum atomic E-state index is 0.502. The van der Waals surface area contributed by atoms with E-state index in [-0.39, 0.29) is 0 Å². The average molecular weight is 242 g/mol. The molecule has 0 amide bonds. The molecular formula is C12H18OS2. The van der Waals surface area contributed by atoms with Crippen LogP contribution in [-0.2, 0) is 12.8 Å². The first-order valence-electron chi connectivity index (χ1n) is 5.15. The fraction of sp³-hybridized carbons (Fsp3) is 0.500. The quantitative estimate of drug-likeness (QED) is 0.807. The predicted octanol–water partition coefficient (Wildman–Crippen LogP) is 3.96. The maximum atomic E-state index is 10.1. The maximum absolute atomic E-state index is 10.1. The predicted molar refractivity (Wildman–Crippen MR) is 70.4 cm³/mol. The SMILES string of the molecule is CCc1cc(SC)c(SC)c(CC)c1O. The van der Waals surface area contributed by atoms with Crippen molar-refractivity contribution < 1.29 is 5.11 Å². The van der Waals surface area contributed by atoms with Crippen LogP contribution in [0.15, 0.2) is 15.9 Å². The van der Waals surface area contributed by atoms with Crippen molar-refractivity contribution in [1.29, 1.82) is 0 Å². The molecule has 0 aliphatic heterocycles. The lowest BCUT2D eigenvalue weighted by molar-refractivity contribution is 0.459. The third-order valence-corrected chi connectivity index (χ3v) is 4.32. The van der Waals surface area contributed by atoms with Crippen molar-refractivity contribution in [3.8, 4) is 5.75 Å². The first kappa shape index (κ1) is 12.8. The first-order chi connectivity index (χ1) is 7.19. The Hall–Kier alpha value is -0.280. The van der Waals surface area contributed by atoms with E-state index in [9.17, 15) is 5.11 Å². The Morgan fingerprint density at radius 3 is 2.20 bits per heavy atom. The van der Waals surface area contributed by atoms with Crippen molar-refractivity contribution in [1.82, 2.24) is 0 Å². The molecule has 3 heteroatoms. The van der Waals surface area contributed by atoms with Crippen LogP contribution in [0, 0.1) is 0 Å². The van der Waals surface area contributed by atoms with E-state index in [0.717, 1.165) is 24.0 Å². The highest BCUT2D eigenvalue weighted by atomic mass is 32.2. The summed E-state index contributed by atoms with van der Waals surface area (Å²) in [4.78, 5) is 2.52. The van der Waals surface area contributed by atoms with Gasteiger partial charge in [0, 0.05) is 15.4 Å². The van der Waals surface area contributed by atoms with Gasteiger partial charge < -0.3 is 5.11 Å². The van der Waals surface area contributed by atoms with Crippen LogP contribution in [-0.4, -0.2) is 17.6 Å². The van der Waals surface area contributed by atoms with Gasteiger partial charge in [0.1, 0.15) is 5.75 Å². The highest BCUT2D eigenvalue weighted by Gasteiger charge is 2.14. The van der Waals surface area contributed by atoms with Gasteiger partial charge in [0.2, 0.25) is 0 Å². The topological polar surface area (TPSA) is 20.2 Å². The molecule has 84 valence electrons. The fourth-order valence-electron chi connectivity index (χ4n) is 1.72. The standard InChI is InChI=1S/C12H18OS2/c1-5-8-7-10(14-3)12(15-4)9(6-2)11(8)13/h7,13H,5-6H2,1-4H3. The number of hydrogen-bond acceptors (Lipinski definition) is 3. The average Bonchev–Trinajstić information content (AvgIpc) is 2.28. The van der Waals surface area contributed by atoms with Crippen LogP contribution in [0.2, 0.25) is 0 Å². The van der Waals surface area contributed by atoms with Gasteiger partial charge in [0.15, 0.2) is 0 Å². The minimum Gasteiger partial charge on any atom is -0.507 e. The zero-order chi connectivity index (χ0) is 11.4. The molecule has 0 aliphatic carbocycles. The molecule has 0 saturated carbocycles. The van der Waals surface area contributed by atoms with Crippen molar-refractivity contribution in [2.24, 2.45) is 0 Å². The van der Waals surface area contributed by atoms with Crippen LogP contribution in [0.4, 0.5) is 0 Å². The lowest BCUT2D eigenvalue weighted by Crippen LogP contribution is -1.94. The number of rotatable bonds is 4. The van der Waals surface area contributed by atoms with Crippen molar-refractivity contribution in [2.45, 2.75) is 36.5 Å². The van der Waals surface area contributed by atoms with E-state index in [0.29, 0.717) is 5.75 Å². The van der Waals surface area contributed by atoms with Gasteiger partial charge in [0.05, 0.1) is 0 Å². The van der Waals surface area contributed by atoms with E-state index in [2.05, 4.69) is 32.4 Å². The highest BCUT2D eigenvalue weighted by Crippen LogP contribution is 2.39. The molecule has 1 aromatic rings. The lowest BCUT2D eigenvalue weighted by Gasteiger charge is -2.15. The zero-order valence-corrected chi connectivity index (χ0v) is 11.4. The largest absolute Gasteiger partial charge is 0.507 e. The van der Waals surface area contributed by atoms with E-state index < -0.39 is 0 Å². The van der Waals surface area contributed by atoms with Crippen molar-refractivity contribution in [3.05, 3.63) is 17.2 Å². The molecule has 0 aliphatic rings. The Morgan fingerprint density at radius 1 is 1.13 bits per heavy atom. The summed E-state index contributed by atoms with van der Waals surface area (Å²) in [6.07, 6.45) is 5.94. The molecule has 1 rings (SSSR count). The second-order valence-corrected chi connectivity index (χ2v) is 4.97. The van der Waals surface area contributed by atoms with Crippen LogP contribution >= 0.6 is 23.5 Å². The van der Waals surface area contributed by atoms with E-state index >= 15 is 0 Å². The smallest absolute Gasteiger partial charge is 0.123 e. The second kappa shape index (κ2) is 5.71. The molecule has 0 spiro atoms. The molecule has 15 heavy (non-hydrogen) atoms. The van der Waals surface area contributed by atoms with Gasteiger partial charge >= 0.3 is 0 Å². The molecule has 0 aromatic heterocycles. The Balaban J connectivity index is 3.43. The molecule has 1 aromatic carbocycles. The third-order valence-electron chi connectivity index (χ3n) is 2.55. The third kappa shape index (κ3) is 2.45. The fourth-order valence-corrected chi connectivity index (χ4v) is 3.53. The summed E-state index contributed by atoms with van der Waals surface area (Å²) in [5.41, 5.74) is 2.17. The molecule has 0 fully saturated rings. The lowest BCUT2D eigenvalue weighted by atomic mass is 10.0. The van der Waals surface area contributed by atoms with E-state index in [1.807, 2.05) is 0 Å². The van der Waals surface area contributed by atoms with Gasteiger partial charge in [0.25, 0.3) is 0 Å². The van der Waals surface area contributed by atoms with E-state index in [1.165, 1.54) is 9.79 Å². The molecule has 0 saturated heterocycles. The normalized spacial score (nSPS) is 10.7. The molecule has 0 bridgehead atoms. The van der Waals surface area contributed by atoms with E-state index in [4.69, 9.17) is 0 Å². The van der Waals surface area contributed by atoms with Crippen molar-refractivity contribution in [3.63, 3.8) is 0 Å². The van der Waals surface area contributed by atoms with Crippen molar-refractivity contribution >= 4 is 23.5 Å². The maximum Gasteiger partial charge on any atom is 0.123 e. The van der Waals surface area contributed by atoms with Crippen LogP contribution in [0.1, 0.15) is 25.0 Å². The summed E-state index contributed by atoms with van der Waals surface area (Å²) < 4.78 is 0. The first-order valence-corrected chi connectivity index (χ1v) is 7.60. The number of benzene rings is 1. The molecule has 1 nitrogen and oxygen atoms in total. The number of phenolic OH excluding ortho intramolecular Hbond substituents is 1. The van der Waals surface area contributed by atoms with Gasteiger partial charge in [-0.1, -0.05) is 13.8 Å². The summed E-state index contributed by atoms with van der Waals surface area (Å²) in [5.74, 6) is 0.502. The summed E-state index contributed by atoms with van der Waals surface area (Å²) in [6.45, 7) is 4.18. The molecule has 0 radical (unpaired) electrons. The van der Waals surface area contributed by atoms with Gasteiger partial charge in [-0.3, -0.25) is 0 Å². The highest BCUT2D eigenvalue weighted by molar-refractivity contribution is 8.01. The number of phenols is 1. The van der Waals surface area contributed by atoms with Crippen molar-refractivity contribution in [2.75, 3.05) is 12.5 Å². The number of hydrogen-bond donors (Lipinski definition) is 1. The molecule has 0 atom stereocenters. The Labute approximate surface area is 101 Å². The number of aryl methyl sites for hydroxylation is 1. The number of aromatic hydroxyl groups is 1. The van der Waals surface area contributed by atoms with Crippen LogP contribution in [0.3, 0.4) is 0 Å². The zero-order valence-electron chi connectivity index (χ0n) is 9.76. The van der Waals surface area contributed by atoms with Gasteiger partial charge in [-0.25, -0.2) is 0 Å². The summed E-state index contributed by atoms with van der Waals surface area (Å²) in [6, 6.07) is 2.12. The summed E-state index contributed by atoms with van der Waals surface area (Å²) >= 11 is 3.48. The van der Waals surface area contributed by atoms with Gasteiger partial charge in [-0.05, 0) is 37.0 Å². The van der Waals surface area contributed by atoms with E-state index in [1.54, 1.807) is 23.5 Å². The molecule has 0 heterocycles. The molecule has 1 N–H and O–H groups in total. The Kier molecular flexibility index (Phi) is 4.87. The minimum absolute atomic E-state index is 0.502. The van der Waals surface area contributed by atoms with Gasteiger partial charge in [-0.2, -0.15) is 0 Å². The van der Waals surface area contributed by atoms with Crippen LogP contribution in [0.25, 0.3) is 0 Å². The second-order valence-electron chi connectivity index (χ2n) is 3.31. The monoisotopic (exact) mass is 242 g/mol. The summed E-state index contributed by atoms with van der Waals surface area (Å²) in [5, 5.41) is 10.1. The Morgan fingerprint density at radius 2 is 1.80 bits per heavy atom. The molecular weight excluding hydrogens is 224 g/mol. The molecule has 0 unspecified atom stereocenters. The van der Waals surface area contributed by atoms with Crippen LogP contribution in [0.5, 0.6) is 5.75 Å². The summed E-state index contributed by atoms with van der Waals surface area (Å²) in [7, 11) is 0. The Bertz CT molecular complexity index is 348. The van der Waals surface area contributed by atoms with Gasteiger partial charge in [-0.15, -0.1) is 23.5 Å². The van der Waals surface area contributed by atoms with Crippen LogP contribution < -0.4 is 0 Å².